The highest BCUT2D eigenvalue weighted by molar-refractivity contribution is 5.95. The first-order valence-corrected chi connectivity index (χ1v) is 7.84. The summed E-state index contributed by atoms with van der Waals surface area (Å²) in [7, 11) is 0. The highest BCUT2D eigenvalue weighted by Crippen LogP contribution is 2.17. The lowest BCUT2D eigenvalue weighted by Crippen LogP contribution is -2.36. The van der Waals surface area contributed by atoms with Crippen LogP contribution in [0.15, 0.2) is 54.6 Å². The molecule has 25 heavy (non-hydrogen) atoms. The van der Waals surface area contributed by atoms with Crippen LogP contribution in [0.25, 0.3) is 0 Å². The molecular formula is C18H21N3O4. The fourth-order valence-electron chi connectivity index (χ4n) is 2.08. The molecule has 0 bridgehead atoms. The van der Waals surface area contributed by atoms with E-state index in [-0.39, 0.29) is 12.8 Å². The van der Waals surface area contributed by atoms with Crippen LogP contribution in [-0.4, -0.2) is 23.1 Å². The number of hydrogen-bond donors (Lipinski definition) is 4. The van der Waals surface area contributed by atoms with Crippen molar-refractivity contribution in [2.24, 2.45) is 5.73 Å². The van der Waals surface area contributed by atoms with Crippen LogP contribution < -0.4 is 21.3 Å². The monoisotopic (exact) mass is 343 g/mol. The Balaban J connectivity index is 1.81. The second-order valence-electron chi connectivity index (χ2n) is 5.47. The van der Waals surface area contributed by atoms with Crippen LogP contribution in [0.5, 0.6) is 5.75 Å². The van der Waals surface area contributed by atoms with E-state index in [4.69, 9.17) is 15.7 Å². The molecule has 0 saturated carbocycles. The Morgan fingerprint density at radius 3 is 2.40 bits per heavy atom. The number of hydroxylamine groups is 1. The third-order valence-electron chi connectivity index (χ3n) is 3.51. The van der Waals surface area contributed by atoms with Gasteiger partial charge in [-0.05, 0) is 36.2 Å². The van der Waals surface area contributed by atoms with E-state index in [0.29, 0.717) is 18.0 Å². The van der Waals surface area contributed by atoms with Gasteiger partial charge in [0.15, 0.2) is 0 Å². The van der Waals surface area contributed by atoms with Gasteiger partial charge in [0.25, 0.3) is 0 Å². The fourth-order valence-corrected chi connectivity index (χ4v) is 2.08. The summed E-state index contributed by atoms with van der Waals surface area (Å²) in [4.78, 5) is 22.9. The standard InChI is InChI=1S/C18H21N3O4/c19-16(10-11-17(22)21-24)18(23)20-14-6-8-15(9-7-14)25-12-13-4-2-1-3-5-13/h1-9,16,24H,10-12,19H2,(H,20,23)(H,21,22). The average molecular weight is 343 g/mol. The molecule has 132 valence electrons. The van der Waals surface area contributed by atoms with Crippen LogP contribution >= 0.6 is 0 Å². The van der Waals surface area contributed by atoms with Gasteiger partial charge in [0.2, 0.25) is 11.8 Å². The molecule has 0 saturated heterocycles. The Morgan fingerprint density at radius 1 is 1.08 bits per heavy atom. The highest BCUT2D eigenvalue weighted by atomic mass is 16.5. The van der Waals surface area contributed by atoms with E-state index in [0.717, 1.165) is 5.56 Å². The Labute approximate surface area is 145 Å². The summed E-state index contributed by atoms with van der Waals surface area (Å²) in [6, 6.07) is 15.9. The van der Waals surface area contributed by atoms with Crippen LogP contribution in [0.4, 0.5) is 5.69 Å². The Bertz CT molecular complexity index is 689. The van der Waals surface area contributed by atoms with Gasteiger partial charge < -0.3 is 15.8 Å². The van der Waals surface area contributed by atoms with Crippen molar-refractivity contribution in [2.45, 2.75) is 25.5 Å². The van der Waals surface area contributed by atoms with Gasteiger partial charge in [-0.2, -0.15) is 0 Å². The van der Waals surface area contributed by atoms with Crippen LogP contribution in [0.1, 0.15) is 18.4 Å². The predicted octanol–water partition coefficient (Wildman–Crippen LogP) is 1.82. The zero-order valence-electron chi connectivity index (χ0n) is 13.6. The van der Waals surface area contributed by atoms with Crippen molar-refractivity contribution >= 4 is 17.5 Å². The van der Waals surface area contributed by atoms with Gasteiger partial charge in [-0.15, -0.1) is 0 Å². The van der Waals surface area contributed by atoms with E-state index in [1.165, 1.54) is 5.48 Å². The van der Waals surface area contributed by atoms with Crippen LogP contribution in [0.3, 0.4) is 0 Å². The number of carbonyl (C=O) groups excluding carboxylic acids is 2. The molecule has 0 spiro atoms. The van der Waals surface area contributed by atoms with Crippen LogP contribution in [-0.2, 0) is 16.2 Å². The minimum Gasteiger partial charge on any atom is -0.489 e. The molecule has 5 N–H and O–H groups in total. The minimum absolute atomic E-state index is 0.0304. The quantitative estimate of drug-likeness (QED) is 0.431. The van der Waals surface area contributed by atoms with Crippen molar-refractivity contribution in [2.75, 3.05) is 5.32 Å². The predicted molar refractivity (Wildman–Crippen MR) is 93.0 cm³/mol. The van der Waals surface area contributed by atoms with E-state index in [2.05, 4.69) is 5.32 Å². The number of carbonyl (C=O) groups is 2. The van der Waals surface area contributed by atoms with E-state index in [9.17, 15) is 9.59 Å². The molecule has 7 heteroatoms. The van der Waals surface area contributed by atoms with E-state index >= 15 is 0 Å². The van der Waals surface area contributed by atoms with Crippen LogP contribution in [0, 0.1) is 0 Å². The maximum Gasteiger partial charge on any atom is 0.243 e. The molecule has 0 aliphatic carbocycles. The maximum absolute atomic E-state index is 11.9. The molecule has 0 heterocycles. The van der Waals surface area contributed by atoms with Crippen molar-refractivity contribution in [3.8, 4) is 5.75 Å². The zero-order valence-corrected chi connectivity index (χ0v) is 13.6. The van der Waals surface area contributed by atoms with E-state index in [1.54, 1.807) is 24.3 Å². The molecule has 2 aromatic rings. The normalized spacial score (nSPS) is 11.4. The summed E-state index contributed by atoms with van der Waals surface area (Å²) in [5.74, 6) is -0.294. The average Bonchev–Trinajstić information content (AvgIpc) is 2.66. The Morgan fingerprint density at radius 2 is 1.76 bits per heavy atom. The molecule has 0 aromatic heterocycles. The third kappa shape index (κ3) is 6.25. The fraction of sp³-hybridized carbons (Fsp3) is 0.222. The molecule has 0 radical (unpaired) electrons. The number of nitrogens with one attached hydrogen (secondary N) is 2. The molecular weight excluding hydrogens is 322 g/mol. The van der Waals surface area contributed by atoms with Crippen LogP contribution in [0.2, 0.25) is 0 Å². The number of nitrogens with two attached hydrogens (primary N) is 1. The SMILES string of the molecule is NC(CCC(=O)NO)C(=O)Nc1ccc(OCc2ccccc2)cc1. The van der Waals surface area contributed by atoms with Crippen molar-refractivity contribution < 1.29 is 19.5 Å². The van der Waals surface area contributed by atoms with Crippen molar-refractivity contribution in [1.29, 1.82) is 0 Å². The summed E-state index contributed by atoms with van der Waals surface area (Å²) in [6.45, 7) is 0.463. The third-order valence-corrected chi connectivity index (χ3v) is 3.51. The second-order valence-corrected chi connectivity index (χ2v) is 5.47. The summed E-state index contributed by atoms with van der Waals surface area (Å²) < 4.78 is 5.67. The summed E-state index contributed by atoms with van der Waals surface area (Å²) in [5, 5.41) is 11.1. The first-order valence-electron chi connectivity index (χ1n) is 7.84. The van der Waals surface area contributed by atoms with Crippen molar-refractivity contribution in [3.05, 3.63) is 60.2 Å². The maximum atomic E-state index is 11.9. The lowest BCUT2D eigenvalue weighted by molar-refractivity contribution is -0.129. The largest absolute Gasteiger partial charge is 0.489 e. The molecule has 1 atom stereocenters. The van der Waals surface area contributed by atoms with Gasteiger partial charge in [0.05, 0.1) is 6.04 Å². The van der Waals surface area contributed by atoms with E-state index < -0.39 is 17.9 Å². The van der Waals surface area contributed by atoms with Gasteiger partial charge in [0.1, 0.15) is 12.4 Å². The van der Waals surface area contributed by atoms with Gasteiger partial charge in [-0.3, -0.25) is 14.8 Å². The minimum atomic E-state index is -0.841. The van der Waals surface area contributed by atoms with Gasteiger partial charge in [0, 0.05) is 12.1 Å². The van der Waals surface area contributed by atoms with Gasteiger partial charge in [-0.25, -0.2) is 5.48 Å². The Kier molecular flexibility index (Phi) is 6.94. The lowest BCUT2D eigenvalue weighted by Gasteiger charge is -2.12. The molecule has 2 aromatic carbocycles. The molecule has 0 aliphatic rings. The topological polar surface area (TPSA) is 114 Å². The number of ether oxygens (including phenoxy) is 1. The Hall–Kier alpha value is -2.90. The van der Waals surface area contributed by atoms with Gasteiger partial charge in [-0.1, -0.05) is 30.3 Å². The van der Waals surface area contributed by atoms with E-state index in [1.807, 2.05) is 30.3 Å². The lowest BCUT2D eigenvalue weighted by atomic mass is 10.1. The number of hydrogen-bond acceptors (Lipinski definition) is 5. The summed E-state index contributed by atoms with van der Waals surface area (Å²) >= 11 is 0. The molecule has 0 fully saturated rings. The summed E-state index contributed by atoms with van der Waals surface area (Å²) in [5.41, 5.74) is 8.86. The van der Waals surface area contributed by atoms with Gasteiger partial charge >= 0.3 is 0 Å². The number of benzene rings is 2. The molecule has 2 amide bonds. The second kappa shape index (κ2) is 9.41. The number of anilines is 1. The number of amides is 2. The number of rotatable bonds is 8. The first kappa shape index (κ1) is 18.4. The molecule has 7 nitrogen and oxygen atoms in total. The summed E-state index contributed by atoms with van der Waals surface area (Å²) in [6.07, 6.45) is 0.105. The zero-order chi connectivity index (χ0) is 18.1. The molecule has 1 unspecified atom stereocenters. The molecule has 2 rings (SSSR count). The smallest absolute Gasteiger partial charge is 0.243 e. The molecule has 0 aliphatic heterocycles. The first-order chi connectivity index (χ1) is 12.1. The van der Waals surface area contributed by atoms with Crippen molar-refractivity contribution in [1.82, 2.24) is 5.48 Å². The van der Waals surface area contributed by atoms with Crippen molar-refractivity contribution in [3.63, 3.8) is 0 Å². The highest BCUT2D eigenvalue weighted by Gasteiger charge is 2.15.